The van der Waals surface area contributed by atoms with Gasteiger partial charge in [0, 0.05) is 11.4 Å². The van der Waals surface area contributed by atoms with E-state index in [9.17, 15) is 13.2 Å². The van der Waals surface area contributed by atoms with Crippen molar-refractivity contribution in [1.82, 2.24) is 5.32 Å². The van der Waals surface area contributed by atoms with Crippen molar-refractivity contribution in [3.8, 4) is 0 Å². The fraction of sp³-hybridized carbons (Fsp3) is 0.188. The average molecular weight is 333 g/mol. The number of urea groups is 1. The zero-order valence-corrected chi connectivity index (χ0v) is 13.7. The monoisotopic (exact) mass is 333 g/mol. The molecule has 0 saturated heterocycles. The molecule has 122 valence electrons. The number of sulfonamides is 1. The van der Waals surface area contributed by atoms with Gasteiger partial charge in [-0.3, -0.25) is 4.72 Å². The largest absolute Gasteiger partial charge is 0.331 e. The van der Waals surface area contributed by atoms with Crippen molar-refractivity contribution in [2.75, 3.05) is 16.3 Å². The van der Waals surface area contributed by atoms with E-state index in [2.05, 4.69) is 15.4 Å². The first-order valence-electron chi connectivity index (χ1n) is 7.04. The summed E-state index contributed by atoms with van der Waals surface area (Å²) in [4.78, 5) is 12.0. The Balaban J connectivity index is 2.01. The van der Waals surface area contributed by atoms with Crippen LogP contribution in [0.1, 0.15) is 18.5 Å². The Bertz CT molecular complexity index is 776. The first-order chi connectivity index (χ1) is 10.8. The molecule has 0 aliphatic rings. The maximum absolute atomic E-state index is 12.0. The third kappa shape index (κ3) is 5.63. The number of anilines is 2. The van der Waals surface area contributed by atoms with Gasteiger partial charge in [-0.15, -0.1) is 0 Å². The Morgan fingerprint density at radius 1 is 1.00 bits per heavy atom. The highest BCUT2D eigenvalue weighted by atomic mass is 32.2. The Kier molecular flexibility index (Phi) is 5.23. The summed E-state index contributed by atoms with van der Waals surface area (Å²) in [5, 5.41) is 5.54. The number of para-hydroxylation sites is 1. The molecule has 2 rings (SSSR count). The molecule has 6 nitrogen and oxygen atoms in total. The van der Waals surface area contributed by atoms with Crippen LogP contribution in [0.5, 0.6) is 0 Å². The van der Waals surface area contributed by atoms with Crippen molar-refractivity contribution in [2.45, 2.75) is 13.0 Å². The molecule has 0 fully saturated rings. The van der Waals surface area contributed by atoms with E-state index >= 15 is 0 Å². The summed E-state index contributed by atoms with van der Waals surface area (Å²) >= 11 is 0. The van der Waals surface area contributed by atoms with Crippen molar-refractivity contribution in [3.63, 3.8) is 0 Å². The van der Waals surface area contributed by atoms with Crippen LogP contribution in [0.15, 0.2) is 54.6 Å². The van der Waals surface area contributed by atoms with Crippen LogP contribution in [0, 0.1) is 0 Å². The number of hydrogen-bond donors (Lipinski definition) is 3. The first kappa shape index (κ1) is 16.8. The number of carbonyl (C=O) groups excluding carboxylic acids is 1. The number of amides is 2. The molecular formula is C16H19N3O3S. The number of carbonyl (C=O) groups is 1. The van der Waals surface area contributed by atoms with E-state index < -0.39 is 10.0 Å². The van der Waals surface area contributed by atoms with Gasteiger partial charge in [0.05, 0.1) is 12.3 Å². The average Bonchev–Trinajstić information content (AvgIpc) is 2.46. The van der Waals surface area contributed by atoms with Crippen LogP contribution in [0.4, 0.5) is 16.2 Å². The molecule has 0 aliphatic carbocycles. The fourth-order valence-corrected chi connectivity index (χ4v) is 2.61. The Labute approximate surface area is 136 Å². The molecule has 0 bridgehead atoms. The predicted octanol–water partition coefficient (Wildman–Crippen LogP) is 2.94. The lowest BCUT2D eigenvalue weighted by atomic mass is 10.1. The van der Waals surface area contributed by atoms with Crippen LogP contribution in [0.2, 0.25) is 0 Å². The van der Waals surface area contributed by atoms with Crippen LogP contribution < -0.4 is 15.4 Å². The van der Waals surface area contributed by atoms with Gasteiger partial charge in [-0.05, 0) is 36.8 Å². The SMILES string of the molecule is C[C@@H](NC(=O)Nc1ccccc1)c1cccc(NS(C)(=O)=O)c1. The van der Waals surface area contributed by atoms with Crippen LogP contribution in [0.3, 0.4) is 0 Å². The molecule has 2 aromatic carbocycles. The first-order valence-corrected chi connectivity index (χ1v) is 8.93. The Morgan fingerprint density at radius 2 is 1.65 bits per heavy atom. The molecule has 0 radical (unpaired) electrons. The summed E-state index contributed by atoms with van der Waals surface area (Å²) in [5.41, 5.74) is 1.95. The summed E-state index contributed by atoms with van der Waals surface area (Å²) < 4.78 is 25.0. The second kappa shape index (κ2) is 7.15. The molecule has 3 N–H and O–H groups in total. The molecule has 0 heterocycles. The smallest absolute Gasteiger partial charge is 0.319 e. The third-order valence-electron chi connectivity index (χ3n) is 3.07. The molecule has 2 amide bonds. The van der Waals surface area contributed by atoms with Crippen LogP contribution in [-0.4, -0.2) is 20.7 Å². The molecule has 2 aromatic rings. The van der Waals surface area contributed by atoms with E-state index in [0.29, 0.717) is 11.4 Å². The highest BCUT2D eigenvalue weighted by Crippen LogP contribution is 2.18. The van der Waals surface area contributed by atoms with E-state index in [1.807, 2.05) is 31.2 Å². The summed E-state index contributed by atoms with van der Waals surface area (Å²) in [5.74, 6) is 0. The van der Waals surface area contributed by atoms with Crippen molar-refractivity contribution >= 4 is 27.4 Å². The minimum Gasteiger partial charge on any atom is -0.331 e. The van der Waals surface area contributed by atoms with E-state index in [1.54, 1.807) is 30.3 Å². The number of nitrogens with one attached hydrogen (secondary N) is 3. The minimum absolute atomic E-state index is 0.278. The van der Waals surface area contributed by atoms with Crippen LogP contribution in [0.25, 0.3) is 0 Å². The summed E-state index contributed by atoms with van der Waals surface area (Å²) in [6, 6.07) is 15.4. The van der Waals surface area contributed by atoms with Gasteiger partial charge in [-0.25, -0.2) is 13.2 Å². The normalized spacial score (nSPS) is 12.3. The van der Waals surface area contributed by atoms with Gasteiger partial charge in [0.25, 0.3) is 0 Å². The quantitative estimate of drug-likeness (QED) is 0.786. The van der Waals surface area contributed by atoms with Gasteiger partial charge >= 0.3 is 6.03 Å². The van der Waals surface area contributed by atoms with Crippen molar-refractivity contribution < 1.29 is 13.2 Å². The minimum atomic E-state index is -3.33. The van der Waals surface area contributed by atoms with Gasteiger partial charge in [0.15, 0.2) is 0 Å². The Hall–Kier alpha value is -2.54. The standard InChI is InChI=1S/C16H19N3O3S/c1-12(17-16(20)18-14-8-4-3-5-9-14)13-7-6-10-15(11-13)19-23(2,21)22/h3-12,19H,1-2H3,(H2,17,18,20)/t12-/m1/s1. The van der Waals surface area contributed by atoms with Crippen molar-refractivity contribution in [3.05, 3.63) is 60.2 Å². The Morgan fingerprint density at radius 3 is 2.30 bits per heavy atom. The van der Waals surface area contributed by atoms with E-state index in [-0.39, 0.29) is 12.1 Å². The second-order valence-electron chi connectivity index (χ2n) is 5.19. The molecule has 0 aliphatic heterocycles. The van der Waals surface area contributed by atoms with Gasteiger partial charge < -0.3 is 10.6 Å². The molecular weight excluding hydrogens is 314 g/mol. The zero-order chi connectivity index (χ0) is 16.9. The van der Waals surface area contributed by atoms with Crippen LogP contribution >= 0.6 is 0 Å². The van der Waals surface area contributed by atoms with E-state index in [1.165, 1.54) is 0 Å². The highest BCUT2D eigenvalue weighted by Gasteiger charge is 2.11. The molecule has 1 atom stereocenters. The van der Waals surface area contributed by atoms with Gasteiger partial charge in [0.1, 0.15) is 0 Å². The summed E-state index contributed by atoms with van der Waals surface area (Å²) in [6.07, 6.45) is 1.09. The second-order valence-corrected chi connectivity index (χ2v) is 6.93. The van der Waals surface area contributed by atoms with Crippen molar-refractivity contribution in [2.24, 2.45) is 0 Å². The number of rotatable bonds is 5. The van der Waals surface area contributed by atoms with Gasteiger partial charge in [-0.2, -0.15) is 0 Å². The maximum Gasteiger partial charge on any atom is 0.319 e. The molecule has 0 saturated carbocycles. The number of hydrogen-bond acceptors (Lipinski definition) is 3. The maximum atomic E-state index is 12.0. The summed E-state index contributed by atoms with van der Waals surface area (Å²) in [6.45, 7) is 1.82. The van der Waals surface area contributed by atoms with E-state index in [0.717, 1.165) is 11.8 Å². The summed E-state index contributed by atoms with van der Waals surface area (Å²) in [7, 11) is -3.33. The van der Waals surface area contributed by atoms with Gasteiger partial charge in [-0.1, -0.05) is 30.3 Å². The topological polar surface area (TPSA) is 87.3 Å². The predicted molar refractivity (Wildman–Crippen MR) is 91.9 cm³/mol. The molecule has 0 spiro atoms. The van der Waals surface area contributed by atoms with Crippen LogP contribution in [-0.2, 0) is 10.0 Å². The van der Waals surface area contributed by atoms with E-state index in [4.69, 9.17) is 0 Å². The molecule has 7 heteroatoms. The van der Waals surface area contributed by atoms with Gasteiger partial charge in [0.2, 0.25) is 10.0 Å². The lowest BCUT2D eigenvalue weighted by molar-refractivity contribution is 0.249. The lowest BCUT2D eigenvalue weighted by Gasteiger charge is -2.16. The van der Waals surface area contributed by atoms with Crippen molar-refractivity contribution in [1.29, 1.82) is 0 Å². The molecule has 23 heavy (non-hydrogen) atoms. The zero-order valence-electron chi connectivity index (χ0n) is 12.9. The molecule has 0 unspecified atom stereocenters. The molecule has 0 aromatic heterocycles. The highest BCUT2D eigenvalue weighted by molar-refractivity contribution is 7.92. The lowest BCUT2D eigenvalue weighted by Crippen LogP contribution is -2.31. The number of benzene rings is 2. The third-order valence-corrected chi connectivity index (χ3v) is 3.68. The fourth-order valence-electron chi connectivity index (χ4n) is 2.05.